The Kier molecular flexibility index (Phi) is 5.19. The van der Waals surface area contributed by atoms with Gasteiger partial charge in [0.1, 0.15) is 4.99 Å². The van der Waals surface area contributed by atoms with Crippen LogP contribution >= 0.6 is 12.2 Å². The summed E-state index contributed by atoms with van der Waals surface area (Å²) in [6.45, 7) is 5.40. The highest BCUT2D eigenvalue weighted by Crippen LogP contribution is 2.12. The molecule has 0 saturated carbocycles. The van der Waals surface area contributed by atoms with Crippen molar-refractivity contribution < 1.29 is 0 Å². The van der Waals surface area contributed by atoms with E-state index in [4.69, 9.17) is 18.0 Å². The number of aromatic nitrogens is 1. The summed E-state index contributed by atoms with van der Waals surface area (Å²) in [4.78, 5) is 4.44. The van der Waals surface area contributed by atoms with Gasteiger partial charge in [0.25, 0.3) is 0 Å². The standard InChI is InChI=1S/C12H19N3S/c1-3-9(4-2)8-15-10-5-6-14-11(7-10)12(13)16/h5-7,9H,3-4,8H2,1-2H3,(H2,13,16)(H,14,15). The van der Waals surface area contributed by atoms with Gasteiger partial charge >= 0.3 is 0 Å². The number of pyridine rings is 1. The number of hydrogen-bond acceptors (Lipinski definition) is 3. The molecule has 16 heavy (non-hydrogen) atoms. The summed E-state index contributed by atoms with van der Waals surface area (Å²) in [7, 11) is 0. The first-order chi connectivity index (χ1) is 7.67. The molecule has 3 N–H and O–H groups in total. The van der Waals surface area contributed by atoms with Crippen LogP contribution in [0.3, 0.4) is 0 Å². The van der Waals surface area contributed by atoms with E-state index >= 15 is 0 Å². The number of nitrogens with two attached hydrogens (primary N) is 1. The van der Waals surface area contributed by atoms with Crippen LogP contribution in [-0.2, 0) is 0 Å². The molecule has 0 bridgehead atoms. The summed E-state index contributed by atoms with van der Waals surface area (Å²) >= 11 is 4.89. The second-order valence-corrected chi connectivity index (χ2v) is 4.30. The molecule has 1 aromatic rings. The Morgan fingerprint density at radius 1 is 1.50 bits per heavy atom. The minimum Gasteiger partial charge on any atom is -0.388 e. The smallest absolute Gasteiger partial charge is 0.122 e. The zero-order chi connectivity index (χ0) is 12.0. The molecule has 0 saturated heterocycles. The average molecular weight is 237 g/mol. The predicted octanol–water partition coefficient (Wildman–Crippen LogP) is 2.56. The quantitative estimate of drug-likeness (QED) is 0.747. The lowest BCUT2D eigenvalue weighted by Gasteiger charge is -2.14. The molecule has 0 radical (unpaired) electrons. The van der Waals surface area contributed by atoms with E-state index in [1.165, 1.54) is 12.8 Å². The lowest BCUT2D eigenvalue weighted by molar-refractivity contribution is 0.519. The van der Waals surface area contributed by atoms with Crippen molar-refractivity contribution in [2.45, 2.75) is 26.7 Å². The van der Waals surface area contributed by atoms with Crippen molar-refractivity contribution in [3.8, 4) is 0 Å². The average Bonchev–Trinajstić information content (AvgIpc) is 2.31. The van der Waals surface area contributed by atoms with Gasteiger partial charge < -0.3 is 11.1 Å². The van der Waals surface area contributed by atoms with Crippen molar-refractivity contribution in [3.63, 3.8) is 0 Å². The Morgan fingerprint density at radius 2 is 2.19 bits per heavy atom. The van der Waals surface area contributed by atoms with E-state index in [-0.39, 0.29) is 0 Å². The molecule has 3 nitrogen and oxygen atoms in total. The van der Waals surface area contributed by atoms with Crippen molar-refractivity contribution in [2.75, 3.05) is 11.9 Å². The number of nitrogens with one attached hydrogen (secondary N) is 1. The number of rotatable bonds is 6. The van der Waals surface area contributed by atoms with Crippen LogP contribution in [0.5, 0.6) is 0 Å². The SMILES string of the molecule is CCC(CC)CNc1ccnc(C(N)=S)c1. The molecule has 0 aliphatic rings. The van der Waals surface area contributed by atoms with Gasteiger partial charge in [0.05, 0.1) is 5.69 Å². The van der Waals surface area contributed by atoms with E-state index in [0.29, 0.717) is 16.6 Å². The molecule has 1 heterocycles. The van der Waals surface area contributed by atoms with Crippen LogP contribution in [0.15, 0.2) is 18.3 Å². The number of hydrogen-bond donors (Lipinski definition) is 2. The first-order valence-electron chi connectivity index (χ1n) is 5.67. The topological polar surface area (TPSA) is 50.9 Å². The molecule has 0 unspecified atom stereocenters. The van der Waals surface area contributed by atoms with Crippen LogP contribution < -0.4 is 11.1 Å². The Hall–Kier alpha value is -1.16. The highest BCUT2D eigenvalue weighted by atomic mass is 32.1. The highest BCUT2D eigenvalue weighted by Gasteiger charge is 2.04. The van der Waals surface area contributed by atoms with Gasteiger partial charge in [0.2, 0.25) is 0 Å². The van der Waals surface area contributed by atoms with Gasteiger partial charge in [-0.25, -0.2) is 0 Å². The van der Waals surface area contributed by atoms with Gasteiger partial charge in [-0.05, 0) is 18.1 Å². The molecule has 0 atom stereocenters. The van der Waals surface area contributed by atoms with Crippen LogP contribution in [0.1, 0.15) is 32.4 Å². The third-order valence-electron chi connectivity index (χ3n) is 2.76. The van der Waals surface area contributed by atoms with E-state index in [9.17, 15) is 0 Å². The minimum absolute atomic E-state index is 0.339. The second-order valence-electron chi connectivity index (χ2n) is 3.86. The van der Waals surface area contributed by atoms with Crippen molar-refractivity contribution in [2.24, 2.45) is 11.7 Å². The van der Waals surface area contributed by atoms with Crippen molar-refractivity contribution in [3.05, 3.63) is 24.0 Å². The molecule has 0 spiro atoms. The van der Waals surface area contributed by atoms with Crippen molar-refractivity contribution in [1.29, 1.82) is 0 Å². The Labute approximate surface area is 102 Å². The molecule has 0 aliphatic carbocycles. The summed E-state index contributed by atoms with van der Waals surface area (Å²) < 4.78 is 0. The summed E-state index contributed by atoms with van der Waals surface area (Å²) in [6, 6.07) is 3.83. The first-order valence-corrected chi connectivity index (χ1v) is 6.07. The predicted molar refractivity (Wildman–Crippen MR) is 72.7 cm³/mol. The van der Waals surface area contributed by atoms with E-state index in [0.717, 1.165) is 12.2 Å². The van der Waals surface area contributed by atoms with Crippen molar-refractivity contribution in [1.82, 2.24) is 4.98 Å². The third-order valence-corrected chi connectivity index (χ3v) is 2.97. The van der Waals surface area contributed by atoms with Gasteiger partial charge in [0.15, 0.2) is 0 Å². The van der Waals surface area contributed by atoms with Crippen LogP contribution in [-0.4, -0.2) is 16.5 Å². The van der Waals surface area contributed by atoms with Gasteiger partial charge in [0, 0.05) is 18.4 Å². The fourth-order valence-electron chi connectivity index (χ4n) is 1.51. The molecule has 1 aromatic heterocycles. The molecule has 0 amide bonds. The monoisotopic (exact) mass is 237 g/mol. The van der Waals surface area contributed by atoms with Crippen LogP contribution in [0.25, 0.3) is 0 Å². The Morgan fingerprint density at radius 3 is 2.75 bits per heavy atom. The zero-order valence-corrected chi connectivity index (χ0v) is 10.7. The van der Waals surface area contributed by atoms with Crippen molar-refractivity contribution >= 4 is 22.9 Å². The van der Waals surface area contributed by atoms with Gasteiger partial charge in [-0.1, -0.05) is 38.9 Å². The van der Waals surface area contributed by atoms with E-state index in [1.807, 2.05) is 12.1 Å². The molecular weight excluding hydrogens is 218 g/mol. The van der Waals surface area contributed by atoms with Crippen LogP contribution in [0.2, 0.25) is 0 Å². The number of thiocarbonyl (C=S) groups is 1. The summed E-state index contributed by atoms with van der Waals surface area (Å²) in [6.07, 6.45) is 4.11. The number of nitrogens with zero attached hydrogens (tertiary/aromatic N) is 1. The Bertz CT molecular complexity index is 348. The fraction of sp³-hybridized carbons (Fsp3) is 0.500. The van der Waals surface area contributed by atoms with E-state index < -0.39 is 0 Å². The van der Waals surface area contributed by atoms with Gasteiger partial charge in [-0.2, -0.15) is 0 Å². The third kappa shape index (κ3) is 3.77. The molecule has 4 heteroatoms. The van der Waals surface area contributed by atoms with Crippen LogP contribution in [0.4, 0.5) is 5.69 Å². The maximum atomic E-state index is 5.53. The summed E-state index contributed by atoms with van der Waals surface area (Å²) in [5.74, 6) is 0.710. The normalized spacial score (nSPS) is 10.4. The lowest BCUT2D eigenvalue weighted by Crippen LogP contribution is -2.15. The summed E-state index contributed by atoms with van der Waals surface area (Å²) in [5, 5.41) is 3.39. The maximum absolute atomic E-state index is 5.53. The van der Waals surface area contributed by atoms with E-state index in [1.54, 1.807) is 6.20 Å². The molecular formula is C12H19N3S. The Balaban J connectivity index is 2.60. The maximum Gasteiger partial charge on any atom is 0.122 e. The fourth-order valence-corrected chi connectivity index (χ4v) is 1.63. The minimum atomic E-state index is 0.339. The highest BCUT2D eigenvalue weighted by molar-refractivity contribution is 7.80. The molecule has 0 aromatic carbocycles. The summed E-state index contributed by atoms with van der Waals surface area (Å²) in [5.41, 5.74) is 7.24. The van der Waals surface area contributed by atoms with Crippen LogP contribution in [0, 0.1) is 5.92 Å². The van der Waals surface area contributed by atoms with Gasteiger partial charge in [-0.15, -0.1) is 0 Å². The van der Waals surface area contributed by atoms with E-state index in [2.05, 4.69) is 24.1 Å². The zero-order valence-electron chi connectivity index (χ0n) is 9.86. The molecule has 88 valence electrons. The molecule has 1 rings (SSSR count). The lowest BCUT2D eigenvalue weighted by atomic mass is 10.0. The number of anilines is 1. The second kappa shape index (κ2) is 6.43. The first kappa shape index (κ1) is 12.9. The van der Waals surface area contributed by atoms with Gasteiger partial charge in [-0.3, -0.25) is 4.98 Å². The molecule has 0 aliphatic heterocycles. The molecule has 0 fully saturated rings. The largest absolute Gasteiger partial charge is 0.388 e.